The van der Waals surface area contributed by atoms with Crippen LogP contribution in [0.1, 0.15) is 77.6 Å². The third-order valence-electron chi connectivity index (χ3n) is 5.37. The van der Waals surface area contributed by atoms with Gasteiger partial charge in [0.25, 0.3) is 0 Å². The Morgan fingerprint density at radius 1 is 0.947 bits per heavy atom. The molecule has 2 heteroatoms. The van der Waals surface area contributed by atoms with Gasteiger partial charge in [0.2, 0.25) is 5.91 Å². The van der Waals surface area contributed by atoms with E-state index in [0.29, 0.717) is 6.42 Å². The molecule has 2 aliphatic carbocycles. The van der Waals surface area contributed by atoms with Crippen molar-refractivity contribution in [2.24, 2.45) is 17.8 Å². The van der Waals surface area contributed by atoms with Gasteiger partial charge in [0.1, 0.15) is 0 Å². The Morgan fingerprint density at radius 3 is 1.84 bits per heavy atom. The number of amides is 1. The van der Waals surface area contributed by atoms with Crippen LogP contribution in [-0.2, 0) is 4.79 Å². The Hall–Kier alpha value is -0.530. The van der Waals surface area contributed by atoms with Crippen molar-refractivity contribution < 1.29 is 4.79 Å². The van der Waals surface area contributed by atoms with Gasteiger partial charge in [-0.3, -0.25) is 4.79 Å². The van der Waals surface area contributed by atoms with E-state index in [2.05, 4.69) is 5.32 Å². The van der Waals surface area contributed by atoms with Crippen LogP contribution in [0.3, 0.4) is 0 Å². The minimum absolute atomic E-state index is 0.233. The van der Waals surface area contributed by atoms with E-state index < -0.39 is 0 Å². The second kappa shape index (κ2) is 7.91. The molecule has 0 aliphatic heterocycles. The molecule has 2 nitrogen and oxygen atoms in total. The predicted octanol–water partition coefficient (Wildman–Crippen LogP) is 4.29. The lowest BCUT2D eigenvalue weighted by molar-refractivity contribution is -0.121. The Morgan fingerprint density at radius 2 is 1.42 bits per heavy atom. The van der Waals surface area contributed by atoms with Crippen molar-refractivity contribution in [3.8, 4) is 0 Å². The minimum atomic E-state index is 0.233. The summed E-state index contributed by atoms with van der Waals surface area (Å²) in [6, 6.07) is 0. The highest BCUT2D eigenvalue weighted by Gasteiger charge is 2.31. The number of hydrogen-bond acceptors (Lipinski definition) is 1. The molecule has 2 saturated carbocycles. The minimum Gasteiger partial charge on any atom is -0.356 e. The number of rotatable bonds is 5. The molecule has 2 aliphatic rings. The molecule has 0 aromatic rings. The van der Waals surface area contributed by atoms with Gasteiger partial charge in [-0.1, -0.05) is 71.1 Å². The fraction of sp³-hybridized carbons (Fsp3) is 0.941. The highest BCUT2D eigenvalue weighted by atomic mass is 16.1. The second-order valence-corrected chi connectivity index (χ2v) is 6.62. The van der Waals surface area contributed by atoms with E-state index in [9.17, 15) is 4.79 Å². The molecule has 2 rings (SSSR count). The molecule has 0 radical (unpaired) electrons. The molecule has 0 bridgehead atoms. The summed E-state index contributed by atoms with van der Waals surface area (Å²) in [5.41, 5.74) is 0. The first-order valence-corrected chi connectivity index (χ1v) is 8.58. The fourth-order valence-electron chi connectivity index (χ4n) is 4.20. The first kappa shape index (κ1) is 14.9. The summed E-state index contributed by atoms with van der Waals surface area (Å²) in [6.45, 7) is 2.90. The molecular weight excluding hydrogens is 234 g/mol. The smallest absolute Gasteiger partial charge is 0.219 e. The van der Waals surface area contributed by atoms with Crippen molar-refractivity contribution in [2.45, 2.75) is 77.6 Å². The van der Waals surface area contributed by atoms with E-state index in [4.69, 9.17) is 0 Å². The summed E-state index contributed by atoms with van der Waals surface area (Å²) >= 11 is 0. The Bertz CT molecular complexity index is 246. The quantitative estimate of drug-likeness (QED) is 0.789. The topological polar surface area (TPSA) is 29.1 Å². The number of hydrogen-bond donors (Lipinski definition) is 1. The van der Waals surface area contributed by atoms with Crippen molar-refractivity contribution in [3.05, 3.63) is 0 Å². The molecule has 0 saturated heterocycles. The van der Waals surface area contributed by atoms with Gasteiger partial charge in [-0.05, 0) is 17.8 Å². The molecule has 0 aromatic heterocycles. The van der Waals surface area contributed by atoms with E-state index in [1.165, 1.54) is 64.2 Å². The normalized spacial score (nSPS) is 22.6. The van der Waals surface area contributed by atoms with Crippen LogP contribution in [0, 0.1) is 17.8 Å². The largest absolute Gasteiger partial charge is 0.356 e. The molecule has 0 atom stereocenters. The van der Waals surface area contributed by atoms with Crippen LogP contribution in [0.15, 0.2) is 0 Å². The molecule has 19 heavy (non-hydrogen) atoms. The van der Waals surface area contributed by atoms with Crippen LogP contribution in [0.2, 0.25) is 0 Å². The number of carbonyl (C=O) groups is 1. The average Bonchev–Trinajstić information content (AvgIpc) is 2.49. The van der Waals surface area contributed by atoms with Crippen LogP contribution >= 0.6 is 0 Å². The lowest BCUT2D eigenvalue weighted by Crippen LogP contribution is -2.37. The van der Waals surface area contributed by atoms with Crippen molar-refractivity contribution in [1.82, 2.24) is 5.32 Å². The van der Waals surface area contributed by atoms with Gasteiger partial charge in [0.05, 0.1) is 0 Å². The van der Waals surface area contributed by atoms with Crippen LogP contribution in [0.5, 0.6) is 0 Å². The van der Waals surface area contributed by atoms with Crippen molar-refractivity contribution in [2.75, 3.05) is 6.54 Å². The van der Waals surface area contributed by atoms with E-state index >= 15 is 0 Å². The van der Waals surface area contributed by atoms with Gasteiger partial charge in [-0.15, -0.1) is 0 Å². The van der Waals surface area contributed by atoms with Crippen molar-refractivity contribution in [3.63, 3.8) is 0 Å². The van der Waals surface area contributed by atoms with Crippen molar-refractivity contribution in [1.29, 1.82) is 0 Å². The Kier molecular flexibility index (Phi) is 6.19. The molecular formula is C17H31NO. The van der Waals surface area contributed by atoms with Crippen LogP contribution in [-0.4, -0.2) is 12.5 Å². The summed E-state index contributed by atoms with van der Waals surface area (Å²) < 4.78 is 0. The van der Waals surface area contributed by atoms with Gasteiger partial charge in [0.15, 0.2) is 0 Å². The van der Waals surface area contributed by atoms with Gasteiger partial charge >= 0.3 is 0 Å². The van der Waals surface area contributed by atoms with Gasteiger partial charge < -0.3 is 5.32 Å². The maximum atomic E-state index is 11.6. The Labute approximate surface area is 118 Å². The lowest BCUT2D eigenvalue weighted by atomic mass is 9.69. The zero-order valence-electron chi connectivity index (χ0n) is 12.6. The molecule has 0 heterocycles. The first-order valence-electron chi connectivity index (χ1n) is 8.58. The summed E-state index contributed by atoms with van der Waals surface area (Å²) in [5.74, 6) is 2.76. The molecule has 2 fully saturated rings. The van der Waals surface area contributed by atoms with Gasteiger partial charge in [-0.25, -0.2) is 0 Å². The SMILES string of the molecule is CCC(=O)NCC(C1CCCCC1)C1CCCCC1. The average molecular weight is 265 g/mol. The zero-order chi connectivity index (χ0) is 13.5. The van der Waals surface area contributed by atoms with Gasteiger partial charge in [0, 0.05) is 13.0 Å². The molecule has 1 amide bonds. The number of carbonyl (C=O) groups excluding carboxylic acids is 1. The molecule has 0 spiro atoms. The summed E-state index contributed by atoms with van der Waals surface area (Å²) in [6.07, 6.45) is 14.8. The number of nitrogens with one attached hydrogen (secondary N) is 1. The standard InChI is InChI=1S/C17H31NO/c1-2-17(19)18-13-16(14-9-5-3-6-10-14)15-11-7-4-8-12-15/h14-16H,2-13H2,1H3,(H,18,19). The van der Waals surface area contributed by atoms with Crippen LogP contribution in [0.25, 0.3) is 0 Å². The molecule has 0 aromatic carbocycles. The van der Waals surface area contributed by atoms with E-state index in [1.54, 1.807) is 0 Å². The van der Waals surface area contributed by atoms with E-state index in [0.717, 1.165) is 24.3 Å². The highest BCUT2D eigenvalue weighted by molar-refractivity contribution is 5.75. The highest BCUT2D eigenvalue weighted by Crippen LogP contribution is 2.39. The van der Waals surface area contributed by atoms with E-state index in [1.807, 2.05) is 6.92 Å². The van der Waals surface area contributed by atoms with Crippen molar-refractivity contribution >= 4 is 5.91 Å². The third-order valence-corrected chi connectivity index (χ3v) is 5.37. The van der Waals surface area contributed by atoms with Crippen LogP contribution < -0.4 is 5.32 Å². The molecule has 0 unspecified atom stereocenters. The van der Waals surface area contributed by atoms with Crippen LogP contribution in [0.4, 0.5) is 0 Å². The fourth-order valence-corrected chi connectivity index (χ4v) is 4.20. The molecule has 110 valence electrons. The zero-order valence-corrected chi connectivity index (χ0v) is 12.6. The maximum Gasteiger partial charge on any atom is 0.219 e. The molecule has 1 N–H and O–H groups in total. The lowest BCUT2D eigenvalue weighted by Gasteiger charge is -2.38. The summed E-state index contributed by atoms with van der Waals surface area (Å²) in [4.78, 5) is 11.6. The monoisotopic (exact) mass is 265 g/mol. The summed E-state index contributed by atoms with van der Waals surface area (Å²) in [7, 11) is 0. The third kappa shape index (κ3) is 4.50. The van der Waals surface area contributed by atoms with E-state index in [-0.39, 0.29) is 5.91 Å². The second-order valence-electron chi connectivity index (χ2n) is 6.62. The first-order chi connectivity index (χ1) is 9.31. The van der Waals surface area contributed by atoms with Gasteiger partial charge in [-0.2, -0.15) is 0 Å². The predicted molar refractivity (Wildman–Crippen MR) is 79.9 cm³/mol. The Balaban J connectivity index is 1.92. The summed E-state index contributed by atoms with van der Waals surface area (Å²) in [5, 5.41) is 3.19. The maximum absolute atomic E-state index is 11.6.